The van der Waals surface area contributed by atoms with Gasteiger partial charge < -0.3 is 15.2 Å². The Morgan fingerprint density at radius 3 is 2.44 bits per heavy atom. The van der Waals surface area contributed by atoms with Gasteiger partial charge in [0.1, 0.15) is 0 Å². The zero-order valence-electron chi connectivity index (χ0n) is 10.3. The number of nitrogens with zero attached hydrogens (tertiary/aromatic N) is 1. The van der Waals surface area contributed by atoms with Crippen molar-refractivity contribution in [3.05, 3.63) is 24.5 Å². The molecule has 4 heteroatoms. The lowest BCUT2D eigenvalue weighted by molar-refractivity contribution is -0.120. The number of rotatable bonds is 5. The summed E-state index contributed by atoms with van der Waals surface area (Å²) in [6.07, 6.45) is 3.97. The Balaban J connectivity index is 2.11. The van der Waals surface area contributed by atoms with Gasteiger partial charge in [0.2, 0.25) is 5.91 Å². The Morgan fingerprint density at radius 1 is 1.25 bits per heavy atom. The van der Waals surface area contributed by atoms with Crippen LogP contribution in [0.25, 0.3) is 0 Å². The van der Waals surface area contributed by atoms with E-state index in [0.717, 1.165) is 6.54 Å². The van der Waals surface area contributed by atoms with E-state index < -0.39 is 0 Å². The zero-order chi connectivity index (χ0) is 12.0. The number of carbonyl (C=O) groups is 1. The van der Waals surface area contributed by atoms with E-state index >= 15 is 0 Å². The molecule has 0 aliphatic rings. The first-order valence-corrected chi connectivity index (χ1v) is 5.60. The SMILES string of the molecule is CC(C)(C)NCC(=O)NCCn1cccc1. The number of nitrogens with one attached hydrogen (secondary N) is 2. The van der Waals surface area contributed by atoms with E-state index in [2.05, 4.69) is 10.6 Å². The highest BCUT2D eigenvalue weighted by molar-refractivity contribution is 5.78. The van der Waals surface area contributed by atoms with Gasteiger partial charge in [-0.2, -0.15) is 0 Å². The van der Waals surface area contributed by atoms with Crippen LogP contribution in [-0.2, 0) is 11.3 Å². The smallest absolute Gasteiger partial charge is 0.234 e. The maximum absolute atomic E-state index is 11.4. The van der Waals surface area contributed by atoms with Gasteiger partial charge in [-0.3, -0.25) is 4.79 Å². The molecule has 0 saturated heterocycles. The molecule has 1 amide bonds. The Morgan fingerprint density at radius 2 is 1.88 bits per heavy atom. The molecular formula is C12H21N3O. The molecule has 0 radical (unpaired) electrons. The lowest BCUT2D eigenvalue weighted by atomic mass is 10.1. The third-order valence-corrected chi connectivity index (χ3v) is 2.14. The fourth-order valence-electron chi connectivity index (χ4n) is 1.25. The van der Waals surface area contributed by atoms with E-state index in [1.165, 1.54) is 0 Å². The van der Waals surface area contributed by atoms with Crippen molar-refractivity contribution >= 4 is 5.91 Å². The average Bonchev–Trinajstić information content (AvgIpc) is 2.66. The number of carbonyl (C=O) groups excluding carboxylic acids is 1. The largest absolute Gasteiger partial charge is 0.353 e. The predicted molar refractivity (Wildman–Crippen MR) is 65.2 cm³/mol. The van der Waals surface area contributed by atoms with Gasteiger partial charge in [0.25, 0.3) is 0 Å². The highest BCUT2D eigenvalue weighted by atomic mass is 16.1. The minimum atomic E-state index is -0.0161. The molecule has 1 rings (SSSR count). The van der Waals surface area contributed by atoms with E-state index in [-0.39, 0.29) is 11.4 Å². The first-order chi connectivity index (χ1) is 7.47. The first-order valence-electron chi connectivity index (χ1n) is 5.60. The standard InChI is InChI=1S/C12H21N3O/c1-12(2,3)14-10-11(16)13-6-9-15-7-4-5-8-15/h4-5,7-8,14H,6,9-10H2,1-3H3,(H,13,16). The maximum Gasteiger partial charge on any atom is 0.234 e. The number of hydrogen-bond donors (Lipinski definition) is 2. The number of aromatic nitrogens is 1. The van der Waals surface area contributed by atoms with Crippen LogP contribution in [0.2, 0.25) is 0 Å². The van der Waals surface area contributed by atoms with E-state index in [1.54, 1.807) is 0 Å². The quantitative estimate of drug-likeness (QED) is 0.782. The summed E-state index contributed by atoms with van der Waals surface area (Å²) < 4.78 is 2.04. The molecule has 1 aromatic rings. The van der Waals surface area contributed by atoms with Crippen LogP contribution in [0, 0.1) is 0 Å². The highest BCUT2D eigenvalue weighted by Gasteiger charge is 2.10. The molecule has 0 fully saturated rings. The van der Waals surface area contributed by atoms with Crippen LogP contribution in [0.5, 0.6) is 0 Å². The van der Waals surface area contributed by atoms with Crippen molar-refractivity contribution in [2.45, 2.75) is 32.9 Å². The molecule has 0 saturated carbocycles. The van der Waals surface area contributed by atoms with E-state index in [4.69, 9.17) is 0 Å². The predicted octanol–water partition coefficient (Wildman–Crippen LogP) is 0.992. The van der Waals surface area contributed by atoms with Crippen molar-refractivity contribution in [3.8, 4) is 0 Å². The molecule has 0 spiro atoms. The molecule has 1 heterocycles. The van der Waals surface area contributed by atoms with Crippen LogP contribution in [0.15, 0.2) is 24.5 Å². The molecule has 0 bridgehead atoms. The second-order valence-corrected chi connectivity index (χ2v) is 4.87. The second kappa shape index (κ2) is 5.70. The van der Waals surface area contributed by atoms with Gasteiger partial charge in [-0.1, -0.05) is 0 Å². The first kappa shape index (κ1) is 12.8. The van der Waals surface area contributed by atoms with E-state index in [1.807, 2.05) is 49.9 Å². The van der Waals surface area contributed by atoms with E-state index in [9.17, 15) is 4.79 Å². The molecule has 90 valence electrons. The van der Waals surface area contributed by atoms with Crippen LogP contribution < -0.4 is 10.6 Å². The minimum absolute atomic E-state index is 0.0161. The van der Waals surface area contributed by atoms with Gasteiger partial charge in [0, 0.05) is 31.0 Å². The molecule has 0 aliphatic carbocycles. The summed E-state index contributed by atoms with van der Waals surface area (Å²) in [5.41, 5.74) is -0.0161. The lowest BCUT2D eigenvalue weighted by Gasteiger charge is -2.20. The van der Waals surface area contributed by atoms with Gasteiger partial charge in [-0.15, -0.1) is 0 Å². The van der Waals surface area contributed by atoms with Crippen molar-refractivity contribution in [2.24, 2.45) is 0 Å². The molecule has 4 nitrogen and oxygen atoms in total. The third-order valence-electron chi connectivity index (χ3n) is 2.14. The Labute approximate surface area is 97.0 Å². The summed E-state index contributed by atoms with van der Waals surface area (Å²) in [7, 11) is 0. The lowest BCUT2D eigenvalue weighted by Crippen LogP contribution is -2.43. The van der Waals surface area contributed by atoms with Crippen molar-refractivity contribution in [1.29, 1.82) is 0 Å². The summed E-state index contributed by atoms with van der Waals surface area (Å²) in [5.74, 6) is 0.0436. The third kappa shape index (κ3) is 5.56. The van der Waals surface area contributed by atoms with Gasteiger partial charge in [-0.25, -0.2) is 0 Å². The number of amides is 1. The normalized spacial score (nSPS) is 11.4. The molecule has 0 atom stereocenters. The minimum Gasteiger partial charge on any atom is -0.353 e. The Kier molecular flexibility index (Phi) is 4.55. The van der Waals surface area contributed by atoms with Crippen LogP contribution in [0.1, 0.15) is 20.8 Å². The fourth-order valence-corrected chi connectivity index (χ4v) is 1.25. The number of hydrogen-bond acceptors (Lipinski definition) is 2. The summed E-state index contributed by atoms with van der Waals surface area (Å²) in [4.78, 5) is 11.4. The van der Waals surface area contributed by atoms with Gasteiger partial charge in [0.15, 0.2) is 0 Å². The van der Waals surface area contributed by atoms with Crippen molar-refractivity contribution in [1.82, 2.24) is 15.2 Å². The maximum atomic E-state index is 11.4. The van der Waals surface area contributed by atoms with Crippen molar-refractivity contribution < 1.29 is 4.79 Å². The fraction of sp³-hybridized carbons (Fsp3) is 0.583. The monoisotopic (exact) mass is 223 g/mol. The molecule has 1 aromatic heterocycles. The van der Waals surface area contributed by atoms with Gasteiger partial charge in [-0.05, 0) is 32.9 Å². The molecule has 0 unspecified atom stereocenters. The second-order valence-electron chi connectivity index (χ2n) is 4.87. The zero-order valence-corrected chi connectivity index (χ0v) is 10.3. The summed E-state index contributed by atoms with van der Waals surface area (Å²) in [5, 5.41) is 6.02. The Hall–Kier alpha value is -1.29. The van der Waals surface area contributed by atoms with Crippen molar-refractivity contribution in [2.75, 3.05) is 13.1 Å². The average molecular weight is 223 g/mol. The van der Waals surface area contributed by atoms with Gasteiger partial charge >= 0.3 is 0 Å². The summed E-state index contributed by atoms with van der Waals surface area (Å²) >= 11 is 0. The van der Waals surface area contributed by atoms with Gasteiger partial charge in [0.05, 0.1) is 6.54 Å². The van der Waals surface area contributed by atoms with Crippen molar-refractivity contribution in [3.63, 3.8) is 0 Å². The van der Waals surface area contributed by atoms with Crippen LogP contribution in [0.3, 0.4) is 0 Å². The highest BCUT2D eigenvalue weighted by Crippen LogP contribution is 1.96. The molecule has 0 aromatic carbocycles. The van der Waals surface area contributed by atoms with E-state index in [0.29, 0.717) is 13.1 Å². The molecule has 0 aliphatic heterocycles. The topological polar surface area (TPSA) is 46.1 Å². The molecule has 2 N–H and O–H groups in total. The Bertz CT molecular complexity index is 312. The summed E-state index contributed by atoms with van der Waals surface area (Å²) in [6.45, 7) is 7.98. The van der Waals surface area contributed by atoms with Crippen LogP contribution >= 0.6 is 0 Å². The molecule has 16 heavy (non-hydrogen) atoms. The molecular weight excluding hydrogens is 202 g/mol. The van der Waals surface area contributed by atoms with Crippen LogP contribution in [-0.4, -0.2) is 29.1 Å². The van der Waals surface area contributed by atoms with Crippen LogP contribution in [0.4, 0.5) is 0 Å². The summed E-state index contributed by atoms with van der Waals surface area (Å²) in [6, 6.07) is 3.95.